The fourth-order valence-electron chi connectivity index (χ4n) is 2.18. The number of fused-ring (bicyclic) bond motifs is 1. The van der Waals surface area contributed by atoms with Crippen molar-refractivity contribution in [1.82, 2.24) is 0 Å². The maximum absolute atomic E-state index is 10.6. The van der Waals surface area contributed by atoms with Gasteiger partial charge >= 0.3 is 0 Å². The topological polar surface area (TPSA) is 17.1 Å². The molecule has 2 aliphatic carbocycles. The third-order valence-corrected chi connectivity index (χ3v) is 3.08. The fraction of sp³-hybridized carbons (Fsp3) is 0.667. The molecule has 0 bridgehead atoms. The Labute approximate surface area is 61.1 Å². The molecule has 0 heterocycles. The van der Waals surface area contributed by atoms with Crippen molar-refractivity contribution in [3.63, 3.8) is 0 Å². The molecule has 0 radical (unpaired) electrons. The summed E-state index contributed by atoms with van der Waals surface area (Å²) < 4.78 is 0. The first-order valence-electron chi connectivity index (χ1n) is 3.92. The Kier molecular flexibility index (Phi) is 1.05. The first kappa shape index (κ1) is 6.14. The van der Waals surface area contributed by atoms with Crippen molar-refractivity contribution in [2.75, 3.05) is 0 Å². The molecule has 1 saturated carbocycles. The standard InChI is InChI=1S/C9H12O/c1-9(6-10)7-4-2-3-5-8(7)9/h2,4,6-8H,3,5H2,1H3/t7-,8+,9+/m0/s1. The van der Waals surface area contributed by atoms with Gasteiger partial charge in [0.2, 0.25) is 0 Å². The van der Waals surface area contributed by atoms with E-state index in [4.69, 9.17) is 0 Å². The lowest BCUT2D eigenvalue weighted by Gasteiger charge is -1.97. The third kappa shape index (κ3) is 0.556. The van der Waals surface area contributed by atoms with Crippen LogP contribution in [0.3, 0.4) is 0 Å². The van der Waals surface area contributed by atoms with Crippen LogP contribution in [-0.2, 0) is 4.79 Å². The van der Waals surface area contributed by atoms with Crippen molar-refractivity contribution in [3.8, 4) is 0 Å². The van der Waals surface area contributed by atoms with E-state index in [9.17, 15) is 4.79 Å². The second-order valence-electron chi connectivity index (χ2n) is 3.62. The van der Waals surface area contributed by atoms with E-state index >= 15 is 0 Å². The highest BCUT2D eigenvalue weighted by atomic mass is 16.1. The van der Waals surface area contributed by atoms with Gasteiger partial charge in [-0.25, -0.2) is 0 Å². The molecule has 1 fully saturated rings. The van der Waals surface area contributed by atoms with Crippen LogP contribution in [0.1, 0.15) is 19.8 Å². The highest BCUT2D eigenvalue weighted by Gasteiger charge is 2.59. The van der Waals surface area contributed by atoms with Crippen molar-refractivity contribution in [3.05, 3.63) is 12.2 Å². The molecule has 0 saturated heterocycles. The third-order valence-electron chi connectivity index (χ3n) is 3.08. The second kappa shape index (κ2) is 1.71. The lowest BCUT2D eigenvalue weighted by molar-refractivity contribution is -0.112. The van der Waals surface area contributed by atoms with Crippen LogP contribution in [-0.4, -0.2) is 6.29 Å². The summed E-state index contributed by atoms with van der Waals surface area (Å²) in [5.41, 5.74) is 0.0208. The fourth-order valence-corrected chi connectivity index (χ4v) is 2.18. The van der Waals surface area contributed by atoms with E-state index < -0.39 is 0 Å². The number of aldehydes is 1. The van der Waals surface area contributed by atoms with Crippen molar-refractivity contribution in [1.29, 1.82) is 0 Å². The van der Waals surface area contributed by atoms with Gasteiger partial charge in [-0.2, -0.15) is 0 Å². The molecular formula is C9H12O. The molecule has 3 atom stereocenters. The van der Waals surface area contributed by atoms with Gasteiger partial charge in [-0.1, -0.05) is 19.1 Å². The zero-order chi connectivity index (χ0) is 7.19. The van der Waals surface area contributed by atoms with Gasteiger partial charge in [0.1, 0.15) is 6.29 Å². The highest BCUT2D eigenvalue weighted by Crippen LogP contribution is 2.61. The summed E-state index contributed by atoms with van der Waals surface area (Å²) in [6.07, 6.45) is 7.94. The van der Waals surface area contributed by atoms with Crippen LogP contribution in [0.25, 0.3) is 0 Å². The smallest absolute Gasteiger partial charge is 0.126 e. The van der Waals surface area contributed by atoms with Gasteiger partial charge in [-0.3, -0.25) is 0 Å². The summed E-state index contributed by atoms with van der Waals surface area (Å²) in [7, 11) is 0. The van der Waals surface area contributed by atoms with Crippen LogP contribution in [0.5, 0.6) is 0 Å². The van der Waals surface area contributed by atoms with E-state index in [-0.39, 0.29) is 5.41 Å². The summed E-state index contributed by atoms with van der Waals surface area (Å²) in [5, 5.41) is 0. The predicted molar refractivity (Wildman–Crippen MR) is 39.5 cm³/mol. The molecule has 2 rings (SSSR count). The summed E-state index contributed by atoms with van der Waals surface area (Å²) >= 11 is 0. The summed E-state index contributed by atoms with van der Waals surface area (Å²) in [5.74, 6) is 1.26. The van der Waals surface area contributed by atoms with Crippen molar-refractivity contribution in [2.24, 2.45) is 17.3 Å². The summed E-state index contributed by atoms with van der Waals surface area (Å²) in [4.78, 5) is 10.6. The normalized spacial score (nSPS) is 50.1. The second-order valence-corrected chi connectivity index (χ2v) is 3.62. The van der Waals surface area contributed by atoms with Crippen LogP contribution in [0.15, 0.2) is 12.2 Å². The van der Waals surface area contributed by atoms with Gasteiger partial charge < -0.3 is 4.79 Å². The van der Waals surface area contributed by atoms with Crippen molar-refractivity contribution in [2.45, 2.75) is 19.8 Å². The molecule has 2 aliphatic rings. The molecule has 0 aromatic carbocycles. The largest absolute Gasteiger partial charge is 0.303 e. The first-order valence-corrected chi connectivity index (χ1v) is 3.92. The van der Waals surface area contributed by atoms with Crippen LogP contribution in [0.4, 0.5) is 0 Å². The van der Waals surface area contributed by atoms with E-state index in [0.717, 1.165) is 6.29 Å². The summed E-state index contributed by atoms with van der Waals surface area (Å²) in [6.45, 7) is 2.07. The highest BCUT2D eigenvalue weighted by molar-refractivity contribution is 5.66. The Morgan fingerprint density at radius 1 is 1.70 bits per heavy atom. The average Bonchev–Trinajstić information content (AvgIpc) is 2.60. The van der Waals surface area contributed by atoms with E-state index in [2.05, 4.69) is 19.1 Å². The van der Waals surface area contributed by atoms with E-state index in [1.807, 2.05) is 0 Å². The number of rotatable bonds is 1. The van der Waals surface area contributed by atoms with E-state index in [1.165, 1.54) is 12.8 Å². The summed E-state index contributed by atoms with van der Waals surface area (Å²) in [6, 6.07) is 0. The molecular weight excluding hydrogens is 124 g/mol. The first-order chi connectivity index (χ1) is 4.79. The molecule has 0 aromatic rings. The van der Waals surface area contributed by atoms with Gasteiger partial charge in [0, 0.05) is 5.41 Å². The lowest BCUT2D eigenvalue weighted by Crippen LogP contribution is -1.98. The van der Waals surface area contributed by atoms with Crippen LogP contribution >= 0.6 is 0 Å². The quantitative estimate of drug-likeness (QED) is 0.396. The number of hydrogen-bond donors (Lipinski definition) is 0. The minimum absolute atomic E-state index is 0.0208. The van der Waals surface area contributed by atoms with Gasteiger partial charge in [-0.15, -0.1) is 0 Å². The molecule has 0 spiro atoms. The predicted octanol–water partition coefficient (Wildman–Crippen LogP) is 1.79. The maximum Gasteiger partial charge on any atom is 0.126 e. The molecule has 54 valence electrons. The van der Waals surface area contributed by atoms with Crippen LogP contribution in [0, 0.1) is 17.3 Å². The minimum Gasteiger partial charge on any atom is -0.303 e. The van der Waals surface area contributed by atoms with Gasteiger partial charge in [0.25, 0.3) is 0 Å². The number of hydrogen-bond acceptors (Lipinski definition) is 1. The molecule has 0 amide bonds. The number of allylic oxidation sites excluding steroid dienone is 2. The Balaban J connectivity index is 2.21. The molecule has 1 nitrogen and oxygen atoms in total. The average molecular weight is 136 g/mol. The molecule has 0 N–H and O–H groups in total. The van der Waals surface area contributed by atoms with E-state index in [1.54, 1.807) is 0 Å². The zero-order valence-electron chi connectivity index (χ0n) is 6.21. The Hall–Kier alpha value is -0.590. The zero-order valence-corrected chi connectivity index (χ0v) is 6.21. The molecule has 1 heteroatoms. The minimum atomic E-state index is 0.0208. The molecule has 0 unspecified atom stereocenters. The molecule has 10 heavy (non-hydrogen) atoms. The van der Waals surface area contributed by atoms with Gasteiger partial charge in [-0.05, 0) is 24.7 Å². The van der Waals surface area contributed by atoms with Gasteiger partial charge in [0.05, 0.1) is 0 Å². The Bertz CT molecular complexity index is 195. The Morgan fingerprint density at radius 3 is 3.00 bits per heavy atom. The van der Waals surface area contributed by atoms with Gasteiger partial charge in [0.15, 0.2) is 0 Å². The van der Waals surface area contributed by atoms with Crippen molar-refractivity contribution >= 4 is 6.29 Å². The monoisotopic (exact) mass is 136 g/mol. The van der Waals surface area contributed by atoms with E-state index in [0.29, 0.717) is 11.8 Å². The molecule has 0 aromatic heterocycles. The number of carbonyl (C=O) groups excluding carboxylic acids is 1. The molecule has 0 aliphatic heterocycles. The Morgan fingerprint density at radius 2 is 2.50 bits per heavy atom. The number of carbonyl (C=O) groups is 1. The lowest BCUT2D eigenvalue weighted by atomic mass is 10.1. The maximum atomic E-state index is 10.6. The SMILES string of the molecule is C[C@]1(C=O)[C@@H]2CCC=C[C@@H]21. The van der Waals surface area contributed by atoms with Crippen LogP contribution < -0.4 is 0 Å². The van der Waals surface area contributed by atoms with Crippen molar-refractivity contribution < 1.29 is 4.79 Å². The van der Waals surface area contributed by atoms with Crippen LogP contribution in [0.2, 0.25) is 0 Å².